The first-order chi connectivity index (χ1) is 9.25. The average molecular weight is 259 g/mol. The van der Waals surface area contributed by atoms with Crippen molar-refractivity contribution in [3.63, 3.8) is 0 Å². The molecule has 0 aliphatic carbocycles. The SMILES string of the molecule is Cc1ccccc1OCC(=O)NCCc1ccn[nH]1. The fourth-order valence-electron chi connectivity index (χ4n) is 1.67. The summed E-state index contributed by atoms with van der Waals surface area (Å²) in [5.41, 5.74) is 2.02. The number of ether oxygens (including phenoxy) is 1. The summed E-state index contributed by atoms with van der Waals surface area (Å²) < 4.78 is 5.45. The van der Waals surface area contributed by atoms with E-state index in [4.69, 9.17) is 4.74 Å². The molecular formula is C14H17N3O2. The summed E-state index contributed by atoms with van der Waals surface area (Å²) in [5, 5.41) is 9.49. The number of aryl methyl sites for hydroxylation is 1. The lowest BCUT2D eigenvalue weighted by Gasteiger charge is -2.09. The Morgan fingerprint density at radius 1 is 1.37 bits per heavy atom. The van der Waals surface area contributed by atoms with Crippen molar-refractivity contribution in [1.82, 2.24) is 15.5 Å². The van der Waals surface area contributed by atoms with Crippen molar-refractivity contribution in [3.8, 4) is 5.75 Å². The first-order valence-corrected chi connectivity index (χ1v) is 6.19. The van der Waals surface area contributed by atoms with E-state index in [0.29, 0.717) is 6.54 Å². The predicted octanol–water partition coefficient (Wildman–Crippen LogP) is 1.46. The Labute approximate surface area is 112 Å². The predicted molar refractivity (Wildman–Crippen MR) is 72.0 cm³/mol. The highest BCUT2D eigenvalue weighted by Gasteiger charge is 2.04. The van der Waals surface area contributed by atoms with Gasteiger partial charge in [0, 0.05) is 24.9 Å². The van der Waals surface area contributed by atoms with Crippen LogP contribution in [0.25, 0.3) is 0 Å². The fraction of sp³-hybridized carbons (Fsp3) is 0.286. The van der Waals surface area contributed by atoms with Crippen molar-refractivity contribution < 1.29 is 9.53 Å². The van der Waals surface area contributed by atoms with Gasteiger partial charge in [-0.2, -0.15) is 5.10 Å². The minimum atomic E-state index is -0.122. The zero-order chi connectivity index (χ0) is 13.5. The third-order valence-electron chi connectivity index (χ3n) is 2.73. The van der Waals surface area contributed by atoms with Crippen LogP contribution in [0.5, 0.6) is 5.75 Å². The quantitative estimate of drug-likeness (QED) is 0.825. The number of para-hydroxylation sites is 1. The molecule has 0 bridgehead atoms. The summed E-state index contributed by atoms with van der Waals surface area (Å²) in [7, 11) is 0. The standard InChI is InChI=1S/C14H17N3O2/c1-11-4-2-3-5-13(11)19-10-14(18)15-8-6-12-7-9-16-17-12/h2-5,7,9H,6,8,10H2,1H3,(H,15,18)(H,16,17). The van der Waals surface area contributed by atoms with Crippen LogP contribution in [0.15, 0.2) is 36.5 Å². The van der Waals surface area contributed by atoms with Crippen molar-refractivity contribution in [3.05, 3.63) is 47.8 Å². The molecule has 0 saturated carbocycles. The molecule has 0 atom stereocenters. The zero-order valence-electron chi connectivity index (χ0n) is 10.8. The molecule has 0 spiro atoms. The van der Waals surface area contributed by atoms with Gasteiger partial charge in [0.1, 0.15) is 5.75 Å². The van der Waals surface area contributed by atoms with Crippen molar-refractivity contribution in [2.75, 3.05) is 13.2 Å². The minimum Gasteiger partial charge on any atom is -0.484 e. The number of hydrogen-bond donors (Lipinski definition) is 2. The van der Waals surface area contributed by atoms with Crippen LogP contribution in [0.3, 0.4) is 0 Å². The van der Waals surface area contributed by atoms with Crippen LogP contribution in [0.4, 0.5) is 0 Å². The van der Waals surface area contributed by atoms with Gasteiger partial charge in [-0.15, -0.1) is 0 Å². The first-order valence-electron chi connectivity index (χ1n) is 6.19. The van der Waals surface area contributed by atoms with E-state index in [1.807, 2.05) is 37.3 Å². The van der Waals surface area contributed by atoms with Crippen LogP contribution in [-0.2, 0) is 11.2 Å². The molecule has 0 aliphatic heterocycles. The van der Waals surface area contributed by atoms with Gasteiger partial charge in [-0.3, -0.25) is 9.89 Å². The topological polar surface area (TPSA) is 67.0 Å². The molecular weight excluding hydrogens is 242 g/mol. The number of carbonyl (C=O) groups excluding carboxylic acids is 1. The van der Waals surface area contributed by atoms with E-state index in [1.54, 1.807) is 6.20 Å². The number of aromatic amines is 1. The molecule has 2 aromatic rings. The number of nitrogens with zero attached hydrogens (tertiary/aromatic N) is 1. The molecule has 0 unspecified atom stereocenters. The fourth-order valence-corrected chi connectivity index (χ4v) is 1.67. The maximum absolute atomic E-state index is 11.6. The maximum Gasteiger partial charge on any atom is 0.257 e. The van der Waals surface area contributed by atoms with E-state index in [1.165, 1.54) is 0 Å². The van der Waals surface area contributed by atoms with E-state index in [-0.39, 0.29) is 12.5 Å². The molecule has 19 heavy (non-hydrogen) atoms. The normalized spacial score (nSPS) is 10.2. The van der Waals surface area contributed by atoms with Crippen LogP contribution in [0, 0.1) is 6.92 Å². The Bertz CT molecular complexity index is 523. The summed E-state index contributed by atoms with van der Waals surface area (Å²) in [6.45, 7) is 2.55. The van der Waals surface area contributed by atoms with Gasteiger partial charge >= 0.3 is 0 Å². The van der Waals surface area contributed by atoms with Crippen molar-refractivity contribution in [2.24, 2.45) is 0 Å². The summed E-state index contributed by atoms with van der Waals surface area (Å²) in [4.78, 5) is 11.6. The highest BCUT2D eigenvalue weighted by molar-refractivity contribution is 5.77. The third-order valence-corrected chi connectivity index (χ3v) is 2.73. The van der Waals surface area contributed by atoms with Gasteiger partial charge in [0.15, 0.2) is 6.61 Å². The molecule has 1 amide bonds. The Morgan fingerprint density at radius 3 is 2.95 bits per heavy atom. The lowest BCUT2D eigenvalue weighted by Crippen LogP contribution is -2.30. The van der Waals surface area contributed by atoms with E-state index >= 15 is 0 Å². The number of nitrogens with one attached hydrogen (secondary N) is 2. The number of rotatable bonds is 6. The second-order valence-electron chi connectivity index (χ2n) is 4.24. The van der Waals surface area contributed by atoms with Gasteiger partial charge in [0.25, 0.3) is 5.91 Å². The highest BCUT2D eigenvalue weighted by atomic mass is 16.5. The smallest absolute Gasteiger partial charge is 0.257 e. The number of benzene rings is 1. The Hall–Kier alpha value is -2.30. The van der Waals surface area contributed by atoms with E-state index in [2.05, 4.69) is 15.5 Å². The molecule has 0 radical (unpaired) electrons. The van der Waals surface area contributed by atoms with Gasteiger partial charge in [-0.25, -0.2) is 0 Å². The summed E-state index contributed by atoms with van der Waals surface area (Å²) >= 11 is 0. The number of amides is 1. The van der Waals surface area contributed by atoms with E-state index in [0.717, 1.165) is 23.4 Å². The van der Waals surface area contributed by atoms with E-state index in [9.17, 15) is 4.79 Å². The Morgan fingerprint density at radius 2 is 2.21 bits per heavy atom. The summed E-state index contributed by atoms with van der Waals surface area (Å²) in [5.74, 6) is 0.619. The zero-order valence-corrected chi connectivity index (χ0v) is 10.8. The number of H-pyrrole nitrogens is 1. The molecule has 0 aliphatic rings. The Kier molecular flexibility index (Phi) is 4.55. The van der Waals surface area contributed by atoms with Gasteiger partial charge in [0.05, 0.1) is 0 Å². The van der Waals surface area contributed by atoms with Crippen LogP contribution >= 0.6 is 0 Å². The highest BCUT2D eigenvalue weighted by Crippen LogP contribution is 2.15. The molecule has 2 N–H and O–H groups in total. The molecule has 5 heteroatoms. The number of hydrogen-bond acceptors (Lipinski definition) is 3. The van der Waals surface area contributed by atoms with Gasteiger partial charge in [0.2, 0.25) is 0 Å². The van der Waals surface area contributed by atoms with Gasteiger partial charge < -0.3 is 10.1 Å². The van der Waals surface area contributed by atoms with Crippen LogP contribution in [-0.4, -0.2) is 29.3 Å². The largest absolute Gasteiger partial charge is 0.484 e. The molecule has 2 rings (SSSR count). The van der Waals surface area contributed by atoms with Gasteiger partial charge in [-0.05, 0) is 24.6 Å². The molecule has 1 heterocycles. The van der Waals surface area contributed by atoms with Gasteiger partial charge in [-0.1, -0.05) is 18.2 Å². The molecule has 5 nitrogen and oxygen atoms in total. The number of carbonyl (C=O) groups is 1. The summed E-state index contributed by atoms with van der Waals surface area (Å²) in [6.07, 6.45) is 2.43. The molecule has 100 valence electrons. The molecule has 1 aromatic heterocycles. The second kappa shape index (κ2) is 6.58. The average Bonchev–Trinajstić information content (AvgIpc) is 2.91. The van der Waals surface area contributed by atoms with Crippen LogP contribution in [0.2, 0.25) is 0 Å². The Balaban J connectivity index is 1.69. The van der Waals surface area contributed by atoms with Crippen LogP contribution in [0.1, 0.15) is 11.3 Å². The van der Waals surface area contributed by atoms with Crippen LogP contribution < -0.4 is 10.1 Å². The van der Waals surface area contributed by atoms with Crippen molar-refractivity contribution in [1.29, 1.82) is 0 Å². The monoisotopic (exact) mass is 259 g/mol. The maximum atomic E-state index is 11.6. The minimum absolute atomic E-state index is 0.0355. The van der Waals surface area contributed by atoms with E-state index < -0.39 is 0 Å². The molecule has 0 fully saturated rings. The molecule has 0 saturated heterocycles. The van der Waals surface area contributed by atoms with Crippen molar-refractivity contribution >= 4 is 5.91 Å². The lowest BCUT2D eigenvalue weighted by atomic mass is 10.2. The number of aromatic nitrogens is 2. The first kappa shape index (κ1) is 13.1. The second-order valence-corrected chi connectivity index (χ2v) is 4.24. The lowest BCUT2D eigenvalue weighted by molar-refractivity contribution is -0.123. The third kappa shape index (κ3) is 4.13. The summed E-state index contributed by atoms with van der Waals surface area (Å²) in [6, 6.07) is 9.51. The van der Waals surface area contributed by atoms with Crippen molar-refractivity contribution in [2.45, 2.75) is 13.3 Å². The molecule has 1 aromatic carbocycles.